The molecule has 5 heteroatoms. The molecule has 3 rings (SSSR count). The van der Waals surface area contributed by atoms with Crippen molar-refractivity contribution in [3.05, 3.63) is 64.7 Å². The molecule has 1 aliphatic rings. The number of primary amides is 1. The molecule has 2 aromatic rings. The highest BCUT2D eigenvalue weighted by Gasteiger charge is 2.32. The van der Waals surface area contributed by atoms with E-state index >= 15 is 0 Å². The van der Waals surface area contributed by atoms with Gasteiger partial charge in [-0.15, -0.1) is 0 Å². The molecule has 1 aliphatic carbocycles. The average molecular weight is 352 g/mol. The number of hydrogen-bond donors (Lipinski definition) is 1. The van der Waals surface area contributed by atoms with E-state index in [9.17, 15) is 9.59 Å². The van der Waals surface area contributed by atoms with Crippen LogP contribution in [0.4, 0.5) is 0 Å². The van der Waals surface area contributed by atoms with Crippen LogP contribution in [-0.2, 0) is 11.3 Å². The van der Waals surface area contributed by atoms with Crippen LogP contribution in [0.3, 0.4) is 0 Å². The molecule has 136 valence electrons. The second-order valence-corrected chi connectivity index (χ2v) is 6.87. The van der Waals surface area contributed by atoms with Crippen molar-refractivity contribution in [2.75, 3.05) is 6.61 Å². The molecule has 1 fully saturated rings. The first-order chi connectivity index (χ1) is 12.4. The number of aryl methyl sites for hydroxylation is 2. The van der Waals surface area contributed by atoms with Gasteiger partial charge in [0.25, 0.3) is 5.91 Å². The smallest absolute Gasteiger partial charge is 0.261 e. The van der Waals surface area contributed by atoms with Crippen molar-refractivity contribution in [3.8, 4) is 5.75 Å². The molecule has 0 bridgehead atoms. The molecule has 0 aliphatic heterocycles. The minimum atomic E-state index is -0.450. The minimum Gasteiger partial charge on any atom is -0.483 e. The number of carbonyl (C=O) groups excluding carboxylic acids is 2. The Bertz CT molecular complexity index is 811. The lowest BCUT2D eigenvalue weighted by Crippen LogP contribution is -2.36. The monoisotopic (exact) mass is 352 g/mol. The van der Waals surface area contributed by atoms with E-state index < -0.39 is 5.91 Å². The van der Waals surface area contributed by atoms with Gasteiger partial charge in [0.05, 0.1) is 0 Å². The van der Waals surface area contributed by atoms with Crippen LogP contribution in [0.15, 0.2) is 42.5 Å². The molecule has 1 saturated carbocycles. The van der Waals surface area contributed by atoms with Crippen molar-refractivity contribution in [1.82, 2.24) is 4.90 Å². The molecular weight excluding hydrogens is 328 g/mol. The summed E-state index contributed by atoms with van der Waals surface area (Å²) in [5.41, 5.74) is 8.90. The van der Waals surface area contributed by atoms with Crippen LogP contribution in [-0.4, -0.2) is 29.4 Å². The van der Waals surface area contributed by atoms with E-state index in [1.807, 2.05) is 49.1 Å². The van der Waals surface area contributed by atoms with E-state index in [1.54, 1.807) is 12.1 Å². The van der Waals surface area contributed by atoms with Gasteiger partial charge in [-0.1, -0.05) is 29.8 Å². The van der Waals surface area contributed by atoms with E-state index in [0.29, 0.717) is 12.1 Å². The lowest BCUT2D eigenvalue weighted by molar-refractivity contribution is -0.134. The number of rotatable bonds is 7. The first kappa shape index (κ1) is 18.0. The van der Waals surface area contributed by atoms with Crippen LogP contribution in [0.1, 0.15) is 39.9 Å². The number of ether oxygens (including phenoxy) is 1. The first-order valence-electron chi connectivity index (χ1n) is 8.82. The highest BCUT2D eigenvalue weighted by atomic mass is 16.5. The minimum absolute atomic E-state index is 0.0218. The van der Waals surface area contributed by atoms with Crippen LogP contribution in [0.2, 0.25) is 0 Å². The van der Waals surface area contributed by atoms with Gasteiger partial charge in [-0.2, -0.15) is 0 Å². The number of nitrogens with zero attached hydrogens (tertiary/aromatic N) is 1. The van der Waals surface area contributed by atoms with Gasteiger partial charge in [0.2, 0.25) is 5.91 Å². The highest BCUT2D eigenvalue weighted by molar-refractivity contribution is 5.92. The topological polar surface area (TPSA) is 72.6 Å². The zero-order valence-corrected chi connectivity index (χ0v) is 15.2. The van der Waals surface area contributed by atoms with Crippen molar-refractivity contribution < 1.29 is 14.3 Å². The van der Waals surface area contributed by atoms with E-state index in [2.05, 4.69) is 0 Å². The Morgan fingerprint density at radius 3 is 2.38 bits per heavy atom. The lowest BCUT2D eigenvalue weighted by Gasteiger charge is -2.23. The fraction of sp³-hybridized carbons (Fsp3) is 0.333. The number of benzene rings is 2. The molecule has 0 spiro atoms. The zero-order valence-electron chi connectivity index (χ0n) is 15.2. The van der Waals surface area contributed by atoms with Gasteiger partial charge in [-0.25, -0.2) is 0 Å². The molecule has 2 N–H and O–H groups in total. The maximum Gasteiger partial charge on any atom is 0.261 e. The Morgan fingerprint density at radius 1 is 1.12 bits per heavy atom. The maximum absolute atomic E-state index is 12.7. The standard InChI is InChI=1S/C21H24N2O3/c1-14-3-10-19(15(2)11-14)26-13-20(24)23(18-8-9-18)12-16-4-6-17(7-5-16)21(22)25/h3-7,10-11,18H,8-9,12-13H2,1-2H3,(H2,22,25). The molecule has 2 aromatic carbocycles. The van der Waals surface area contributed by atoms with Crippen molar-refractivity contribution in [2.24, 2.45) is 5.73 Å². The largest absolute Gasteiger partial charge is 0.483 e. The van der Waals surface area contributed by atoms with E-state index in [0.717, 1.165) is 29.7 Å². The van der Waals surface area contributed by atoms with Crippen molar-refractivity contribution in [3.63, 3.8) is 0 Å². The summed E-state index contributed by atoms with van der Waals surface area (Å²) in [4.78, 5) is 25.7. The molecule has 26 heavy (non-hydrogen) atoms. The van der Waals surface area contributed by atoms with Crippen molar-refractivity contribution >= 4 is 11.8 Å². The summed E-state index contributed by atoms with van der Waals surface area (Å²) in [6.07, 6.45) is 2.04. The molecule has 5 nitrogen and oxygen atoms in total. The Balaban J connectivity index is 1.63. The Labute approximate surface area is 153 Å². The van der Waals surface area contributed by atoms with E-state index in [1.165, 1.54) is 5.56 Å². The lowest BCUT2D eigenvalue weighted by atomic mass is 10.1. The number of carbonyl (C=O) groups is 2. The van der Waals surface area contributed by atoms with E-state index in [4.69, 9.17) is 10.5 Å². The highest BCUT2D eigenvalue weighted by Crippen LogP contribution is 2.29. The summed E-state index contributed by atoms with van der Waals surface area (Å²) in [6, 6.07) is 13.3. The third-order valence-electron chi connectivity index (χ3n) is 4.58. The third-order valence-corrected chi connectivity index (χ3v) is 4.58. The van der Waals surface area contributed by atoms with Gasteiger partial charge in [-0.3, -0.25) is 9.59 Å². The molecule has 0 saturated heterocycles. The fourth-order valence-corrected chi connectivity index (χ4v) is 2.96. The molecule has 0 atom stereocenters. The Hall–Kier alpha value is -2.82. The summed E-state index contributed by atoms with van der Waals surface area (Å²) >= 11 is 0. The predicted octanol–water partition coefficient (Wildman–Crippen LogP) is 2.97. The Morgan fingerprint density at radius 2 is 1.81 bits per heavy atom. The Kier molecular flexibility index (Phi) is 5.26. The maximum atomic E-state index is 12.7. The van der Waals surface area contributed by atoms with Gasteiger partial charge >= 0.3 is 0 Å². The van der Waals surface area contributed by atoms with Crippen LogP contribution >= 0.6 is 0 Å². The summed E-state index contributed by atoms with van der Waals surface area (Å²) in [7, 11) is 0. The summed E-state index contributed by atoms with van der Waals surface area (Å²) in [5.74, 6) is 0.269. The normalized spacial score (nSPS) is 13.3. The zero-order chi connectivity index (χ0) is 18.7. The molecule has 0 aromatic heterocycles. The second-order valence-electron chi connectivity index (χ2n) is 6.87. The average Bonchev–Trinajstić information content (AvgIpc) is 3.44. The van der Waals surface area contributed by atoms with Gasteiger partial charge in [0.1, 0.15) is 5.75 Å². The first-order valence-corrected chi connectivity index (χ1v) is 8.82. The summed E-state index contributed by atoms with van der Waals surface area (Å²) in [6.45, 7) is 4.55. The van der Waals surface area contributed by atoms with Crippen LogP contribution in [0, 0.1) is 13.8 Å². The number of hydrogen-bond acceptors (Lipinski definition) is 3. The van der Waals surface area contributed by atoms with Gasteiger partial charge in [0, 0.05) is 18.2 Å². The van der Waals surface area contributed by atoms with Crippen molar-refractivity contribution in [2.45, 2.75) is 39.3 Å². The molecular formula is C21H24N2O3. The number of nitrogens with two attached hydrogens (primary N) is 1. The molecule has 2 amide bonds. The molecule has 0 radical (unpaired) electrons. The third kappa shape index (κ3) is 4.42. The van der Waals surface area contributed by atoms with Gasteiger partial charge < -0.3 is 15.4 Å². The quantitative estimate of drug-likeness (QED) is 0.833. The fourth-order valence-electron chi connectivity index (χ4n) is 2.96. The van der Waals surface area contributed by atoms with Crippen LogP contribution < -0.4 is 10.5 Å². The van der Waals surface area contributed by atoms with Crippen LogP contribution in [0.5, 0.6) is 5.75 Å². The summed E-state index contributed by atoms with van der Waals surface area (Å²) < 4.78 is 5.75. The number of amides is 2. The molecule has 0 heterocycles. The van der Waals surface area contributed by atoms with E-state index in [-0.39, 0.29) is 18.6 Å². The second kappa shape index (κ2) is 7.60. The van der Waals surface area contributed by atoms with Crippen molar-refractivity contribution in [1.29, 1.82) is 0 Å². The van der Waals surface area contributed by atoms with Gasteiger partial charge in [0.15, 0.2) is 6.61 Å². The molecule has 0 unspecified atom stereocenters. The summed E-state index contributed by atoms with van der Waals surface area (Å²) in [5, 5.41) is 0. The van der Waals surface area contributed by atoms with Gasteiger partial charge in [-0.05, 0) is 56.0 Å². The van der Waals surface area contributed by atoms with Crippen LogP contribution in [0.25, 0.3) is 0 Å². The predicted molar refractivity (Wildman–Crippen MR) is 99.9 cm³/mol. The SMILES string of the molecule is Cc1ccc(OCC(=O)N(Cc2ccc(C(N)=O)cc2)C2CC2)c(C)c1.